The van der Waals surface area contributed by atoms with Crippen molar-refractivity contribution in [3.63, 3.8) is 0 Å². The summed E-state index contributed by atoms with van der Waals surface area (Å²) in [6.07, 6.45) is 0.333. The highest BCUT2D eigenvalue weighted by molar-refractivity contribution is 5.73. The smallest absolute Gasteiger partial charge is 0.344 e. The largest absolute Gasteiger partial charge is 0.481 e. The second kappa shape index (κ2) is 3.76. The summed E-state index contributed by atoms with van der Waals surface area (Å²) < 4.78 is 0.845. The van der Waals surface area contributed by atoms with Crippen LogP contribution in [0.1, 0.15) is 20.3 Å². The van der Waals surface area contributed by atoms with E-state index in [-0.39, 0.29) is 6.54 Å². The van der Waals surface area contributed by atoms with Crippen LogP contribution in [0.3, 0.4) is 0 Å². The quantitative estimate of drug-likeness (QED) is 0.621. The number of aromatic amines is 2. The molecule has 0 aliphatic rings. The van der Waals surface area contributed by atoms with Crippen LogP contribution < -0.4 is 11.4 Å². The molecule has 7 heteroatoms. The number of carboxylic acids is 1. The van der Waals surface area contributed by atoms with Crippen LogP contribution in [0.2, 0.25) is 0 Å². The standard InChI is InChI=1S/C8H13N3O4/c1-3-8(2,5(12)13)4-11-6(14)9-10-7(11)15/h3-4H2,1-2H3,(H,9,14)(H,10,15)(H,12,13). The molecule has 1 aromatic heterocycles. The molecule has 0 radical (unpaired) electrons. The van der Waals surface area contributed by atoms with Gasteiger partial charge in [0.2, 0.25) is 0 Å². The number of rotatable bonds is 4. The van der Waals surface area contributed by atoms with E-state index in [2.05, 4.69) is 10.2 Å². The molecule has 1 aromatic rings. The molecular weight excluding hydrogens is 202 g/mol. The normalized spacial score (nSPS) is 14.8. The summed E-state index contributed by atoms with van der Waals surface area (Å²) in [5.41, 5.74) is -2.36. The van der Waals surface area contributed by atoms with Gasteiger partial charge in [0.25, 0.3) is 0 Å². The van der Waals surface area contributed by atoms with Crippen LogP contribution in [0.15, 0.2) is 9.59 Å². The topological polar surface area (TPSA) is 108 Å². The summed E-state index contributed by atoms with van der Waals surface area (Å²) in [4.78, 5) is 33.2. The number of hydrogen-bond acceptors (Lipinski definition) is 3. The lowest BCUT2D eigenvalue weighted by molar-refractivity contribution is -0.149. The molecule has 1 unspecified atom stereocenters. The van der Waals surface area contributed by atoms with E-state index < -0.39 is 22.8 Å². The Hall–Kier alpha value is -1.79. The van der Waals surface area contributed by atoms with Gasteiger partial charge in [0.05, 0.1) is 5.41 Å². The lowest BCUT2D eigenvalue weighted by Gasteiger charge is -2.21. The van der Waals surface area contributed by atoms with E-state index in [1.54, 1.807) is 6.92 Å². The summed E-state index contributed by atoms with van der Waals surface area (Å²) in [5.74, 6) is -1.03. The number of aliphatic carboxylic acids is 1. The van der Waals surface area contributed by atoms with Crippen molar-refractivity contribution in [3.8, 4) is 0 Å². The molecule has 0 saturated heterocycles. The maximum Gasteiger partial charge on any atom is 0.344 e. The zero-order valence-electron chi connectivity index (χ0n) is 8.53. The van der Waals surface area contributed by atoms with Crippen molar-refractivity contribution in [3.05, 3.63) is 21.0 Å². The van der Waals surface area contributed by atoms with Gasteiger partial charge >= 0.3 is 17.3 Å². The van der Waals surface area contributed by atoms with E-state index in [1.807, 2.05) is 0 Å². The number of nitrogens with zero attached hydrogens (tertiary/aromatic N) is 1. The van der Waals surface area contributed by atoms with Gasteiger partial charge in [-0.15, -0.1) is 0 Å². The number of hydrogen-bond donors (Lipinski definition) is 3. The Kier molecular flexibility index (Phi) is 2.83. The monoisotopic (exact) mass is 215 g/mol. The lowest BCUT2D eigenvalue weighted by atomic mass is 9.88. The van der Waals surface area contributed by atoms with Gasteiger partial charge in [0, 0.05) is 6.54 Å². The van der Waals surface area contributed by atoms with Gasteiger partial charge in [-0.3, -0.25) is 4.79 Å². The first-order chi connectivity index (χ1) is 6.90. The van der Waals surface area contributed by atoms with E-state index in [0.717, 1.165) is 4.57 Å². The van der Waals surface area contributed by atoms with E-state index in [1.165, 1.54) is 6.92 Å². The minimum absolute atomic E-state index is 0.142. The van der Waals surface area contributed by atoms with Gasteiger partial charge in [-0.05, 0) is 13.3 Å². The highest BCUT2D eigenvalue weighted by Gasteiger charge is 2.32. The fourth-order valence-electron chi connectivity index (χ4n) is 1.16. The summed E-state index contributed by atoms with van der Waals surface area (Å²) in [6, 6.07) is 0. The first-order valence-electron chi connectivity index (χ1n) is 4.51. The highest BCUT2D eigenvalue weighted by atomic mass is 16.4. The average Bonchev–Trinajstić information content (AvgIpc) is 2.49. The van der Waals surface area contributed by atoms with Crippen LogP contribution in [-0.4, -0.2) is 25.8 Å². The van der Waals surface area contributed by atoms with Crippen molar-refractivity contribution in [2.24, 2.45) is 5.41 Å². The molecule has 0 spiro atoms. The van der Waals surface area contributed by atoms with Crippen molar-refractivity contribution in [1.82, 2.24) is 14.8 Å². The molecule has 84 valence electrons. The Balaban J connectivity index is 3.09. The molecule has 0 amide bonds. The Labute approximate surface area is 84.7 Å². The third-order valence-corrected chi connectivity index (χ3v) is 2.57. The van der Waals surface area contributed by atoms with Crippen LogP contribution >= 0.6 is 0 Å². The fourth-order valence-corrected chi connectivity index (χ4v) is 1.16. The number of aromatic nitrogens is 3. The van der Waals surface area contributed by atoms with Gasteiger partial charge in [0.1, 0.15) is 0 Å². The second-order valence-corrected chi connectivity index (χ2v) is 3.67. The van der Waals surface area contributed by atoms with Gasteiger partial charge in [0.15, 0.2) is 0 Å². The molecule has 7 nitrogen and oxygen atoms in total. The predicted molar refractivity (Wildman–Crippen MR) is 51.7 cm³/mol. The molecule has 1 atom stereocenters. The SMILES string of the molecule is CCC(C)(Cn1c(=O)[nH][nH]c1=O)C(=O)O. The second-order valence-electron chi connectivity index (χ2n) is 3.67. The number of H-pyrrole nitrogens is 2. The highest BCUT2D eigenvalue weighted by Crippen LogP contribution is 2.22. The summed E-state index contributed by atoms with van der Waals surface area (Å²) in [6.45, 7) is 3.05. The molecular formula is C8H13N3O4. The molecule has 15 heavy (non-hydrogen) atoms. The van der Waals surface area contributed by atoms with Gasteiger partial charge in [-0.1, -0.05) is 6.92 Å². The van der Waals surface area contributed by atoms with Gasteiger partial charge < -0.3 is 5.11 Å². The first kappa shape index (κ1) is 11.3. The van der Waals surface area contributed by atoms with Crippen molar-refractivity contribution < 1.29 is 9.90 Å². The van der Waals surface area contributed by atoms with Crippen LogP contribution in [0.25, 0.3) is 0 Å². The third kappa shape index (κ3) is 2.00. The lowest BCUT2D eigenvalue weighted by Crippen LogP contribution is -2.39. The van der Waals surface area contributed by atoms with Gasteiger partial charge in [-0.2, -0.15) is 0 Å². The predicted octanol–water partition coefficient (Wildman–Crippen LogP) is -0.634. The molecule has 3 N–H and O–H groups in total. The minimum Gasteiger partial charge on any atom is -0.481 e. The van der Waals surface area contributed by atoms with Crippen LogP contribution in [0, 0.1) is 5.41 Å². The van der Waals surface area contributed by atoms with Crippen LogP contribution in [0.5, 0.6) is 0 Å². The van der Waals surface area contributed by atoms with Crippen molar-refractivity contribution in [2.75, 3.05) is 0 Å². The average molecular weight is 215 g/mol. The van der Waals surface area contributed by atoms with Gasteiger partial charge in [-0.25, -0.2) is 24.4 Å². The number of carboxylic acid groups (broad SMARTS) is 1. The maximum atomic E-state index is 11.1. The summed E-state index contributed by atoms with van der Waals surface area (Å²) in [5, 5.41) is 13.2. The van der Waals surface area contributed by atoms with E-state index in [0.29, 0.717) is 6.42 Å². The molecule has 0 aromatic carbocycles. The molecule has 0 fully saturated rings. The summed E-state index contributed by atoms with van der Waals surface area (Å²) in [7, 11) is 0. The Morgan fingerprint density at radius 1 is 1.40 bits per heavy atom. The van der Waals surface area contributed by atoms with E-state index in [9.17, 15) is 14.4 Å². The summed E-state index contributed by atoms with van der Waals surface area (Å²) >= 11 is 0. The Morgan fingerprint density at radius 2 is 1.87 bits per heavy atom. The zero-order valence-corrected chi connectivity index (χ0v) is 8.53. The number of carbonyl (C=O) groups is 1. The number of nitrogens with one attached hydrogen (secondary N) is 2. The molecule has 0 saturated carbocycles. The third-order valence-electron chi connectivity index (χ3n) is 2.57. The van der Waals surface area contributed by atoms with E-state index >= 15 is 0 Å². The fraction of sp³-hybridized carbons (Fsp3) is 0.625. The van der Waals surface area contributed by atoms with E-state index in [4.69, 9.17) is 5.11 Å². The molecule has 1 rings (SSSR count). The maximum absolute atomic E-state index is 11.1. The Bertz CT molecular complexity index is 441. The molecule has 0 bridgehead atoms. The Morgan fingerprint density at radius 3 is 2.20 bits per heavy atom. The molecule has 1 heterocycles. The first-order valence-corrected chi connectivity index (χ1v) is 4.51. The zero-order chi connectivity index (χ0) is 11.6. The minimum atomic E-state index is -1.11. The van der Waals surface area contributed by atoms with Crippen molar-refractivity contribution in [2.45, 2.75) is 26.8 Å². The van der Waals surface area contributed by atoms with Crippen LogP contribution in [-0.2, 0) is 11.3 Å². The van der Waals surface area contributed by atoms with Crippen molar-refractivity contribution in [1.29, 1.82) is 0 Å². The van der Waals surface area contributed by atoms with Crippen molar-refractivity contribution >= 4 is 5.97 Å². The van der Waals surface area contributed by atoms with Crippen LogP contribution in [0.4, 0.5) is 0 Å². The molecule has 0 aliphatic heterocycles. The molecule has 0 aliphatic carbocycles.